The van der Waals surface area contributed by atoms with E-state index in [1.54, 1.807) is 28.4 Å². The summed E-state index contributed by atoms with van der Waals surface area (Å²) in [5.41, 5.74) is 2.63. The largest absolute Gasteiger partial charge is 0.459 e. The molecule has 2 amide bonds. The first-order valence-electron chi connectivity index (χ1n) is 11.0. The van der Waals surface area contributed by atoms with E-state index in [1.165, 1.54) is 6.26 Å². The number of benzene rings is 2. The summed E-state index contributed by atoms with van der Waals surface area (Å²) >= 11 is 1.59. The Hall–Kier alpha value is -3.64. The fourth-order valence-electron chi connectivity index (χ4n) is 4.59. The lowest BCUT2D eigenvalue weighted by molar-refractivity contribution is -0.118. The molecule has 2 aromatic carbocycles. The van der Waals surface area contributed by atoms with Crippen LogP contribution in [0.25, 0.3) is 0 Å². The molecular weight excluding hydrogens is 432 g/mol. The molecule has 2 atom stereocenters. The Morgan fingerprint density at radius 1 is 1.00 bits per heavy atom. The molecule has 1 aliphatic heterocycles. The predicted octanol–water partition coefficient (Wildman–Crippen LogP) is 6.10. The lowest BCUT2D eigenvalue weighted by Crippen LogP contribution is -2.48. The molecule has 4 aromatic rings. The quantitative estimate of drug-likeness (QED) is 0.365. The molecule has 0 spiro atoms. The molecular formula is C27H24N2O3S. The Morgan fingerprint density at radius 3 is 2.52 bits per heavy atom. The van der Waals surface area contributed by atoms with Gasteiger partial charge in [-0.3, -0.25) is 9.59 Å². The van der Waals surface area contributed by atoms with E-state index in [2.05, 4.69) is 0 Å². The van der Waals surface area contributed by atoms with E-state index in [1.807, 2.05) is 83.9 Å². The number of fused-ring (bicyclic) bond motifs is 1. The van der Waals surface area contributed by atoms with Crippen molar-refractivity contribution in [3.05, 3.63) is 107 Å². The molecule has 0 saturated heterocycles. The predicted molar refractivity (Wildman–Crippen MR) is 131 cm³/mol. The monoisotopic (exact) mass is 456 g/mol. The smallest absolute Gasteiger partial charge is 0.294 e. The highest BCUT2D eigenvalue weighted by Gasteiger charge is 2.39. The zero-order chi connectivity index (χ0) is 22.8. The molecule has 3 heterocycles. The average Bonchev–Trinajstić information content (AvgIpc) is 3.54. The topological polar surface area (TPSA) is 53.8 Å². The summed E-state index contributed by atoms with van der Waals surface area (Å²) in [4.78, 5) is 31.7. The second-order valence-corrected chi connectivity index (χ2v) is 9.20. The van der Waals surface area contributed by atoms with Gasteiger partial charge in [-0.2, -0.15) is 0 Å². The molecule has 0 radical (unpaired) electrons. The van der Waals surface area contributed by atoms with Gasteiger partial charge in [0.1, 0.15) is 0 Å². The zero-order valence-electron chi connectivity index (χ0n) is 18.3. The fourth-order valence-corrected chi connectivity index (χ4v) is 5.28. The molecule has 6 heteroatoms. The van der Waals surface area contributed by atoms with Crippen molar-refractivity contribution in [3.8, 4) is 0 Å². The van der Waals surface area contributed by atoms with E-state index in [4.69, 9.17) is 4.42 Å². The lowest BCUT2D eigenvalue weighted by atomic mass is 9.89. The Labute approximate surface area is 196 Å². The van der Waals surface area contributed by atoms with Gasteiger partial charge >= 0.3 is 0 Å². The van der Waals surface area contributed by atoms with Gasteiger partial charge in [0, 0.05) is 22.3 Å². The minimum Gasteiger partial charge on any atom is -0.459 e. The molecule has 5 rings (SSSR count). The maximum atomic E-state index is 13.7. The average molecular weight is 457 g/mol. The van der Waals surface area contributed by atoms with Gasteiger partial charge in [0.25, 0.3) is 5.91 Å². The van der Waals surface area contributed by atoms with Crippen LogP contribution in [0.2, 0.25) is 0 Å². The Morgan fingerprint density at radius 2 is 1.79 bits per heavy atom. The lowest BCUT2D eigenvalue weighted by Gasteiger charge is -2.43. The van der Waals surface area contributed by atoms with E-state index >= 15 is 0 Å². The van der Waals surface area contributed by atoms with Crippen molar-refractivity contribution in [2.45, 2.75) is 31.8 Å². The van der Waals surface area contributed by atoms with Crippen LogP contribution < -0.4 is 9.80 Å². The third kappa shape index (κ3) is 4.10. The molecule has 2 aromatic heterocycles. The van der Waals surface area contributed by atoms with E-state index < -0.39 is 0 Å². The van der Waals surface area contributed by atoms with Crippen LogP contribution in [0.4, 0.5) is 11.4 Å². The normalized spacial score (nSPS) is 17.4. The Bertz CT molecular complexity index is 1240. The third-order valence-electron chi connectivity index (χ3n) is 6.03. The van der Waals surface area contributed by atoms with Crippen LogP contribution in [-0.2, 0) is 11.2 Å². The molecule has 0 saturated carbocycles. The maximum Gasteiger partial charge on any atom is 0.294 e. The number of thiophene rings is 1. The first kappa shape index (κ1) is 21.2. The first-order valence-corrected chi connectivity index (χ1v) is 11.9. The van der Waals surface area contributed by atoms with Crippen LogP contribution in [0.15, 0.2) is 94.9 Å². The first-order chi connectivity index (χ1) is 16.1. The molecule has 1 aliphatic rings. The van der Waals surface area contributed by atoms with Crippen molar-refractivity contribution < 1.29 is 14.0 Å². The minimum absolute atomic E-state index is 0.0430. The summed E-state index contributed by atoms with van der Waals surface area (Å²) in [6.07, 6.45) is 2.47. The van der Waals surface area contributed by atoms with Crippen LogP contribution in [0.3, 0.4) is 0 Å². The molecule has 0 fully saturated rings. The van der Waals surface area contributed by atoms with Gasteiger partial charge in [-0.05, 0) is 60.7 Å². The van der Waals surface area contributed by atoms with Crippen molar-refractivity contribution in [1.82, 2.24) is 0 Å². The number of carbonyl (C=O) groups is 2. The van der Waals surface area contributed by atoms with Gasteiger partial charge in [0.15, 0.2) is 5.76 Å². The van der Waals surface area contributed by atoms with Gasteiger partial charge < -0.3 is 14.2 Å². The van der Waals surface area contributed by atoms with Crippen LogP contribution in [0.1, 0.15) is 40.4 Å². The maximum absolute atomic E-state index is 13.7. The van der Waals surface area contributed by atoms with Crippen molar-refractivity contribution >= 4 is 34.5 Å². The van der Waals surface area contributed by atoms with E-state index in [0.29, 0.717) is 18.6 Å². The number of rotatable bonds is 5. The van der Waals surface area contributed by atoms with Gasteiger partial charge in [-0.15, -0.1) is 11.3 Å². The van der Waals surface area contributed by atoms with Gasteiger partial charge in [-0.25, -0.2) is 0 Å². The number of carbonyl (C=O) groups excluding carboxylic acids is 2. The molecule has 0 bridgehead atoms. The second kappa shape index (κ2) is 9.08. The highest BCUT2D eigenvalue weighted by atomic mass is 32.1. The summed E-state index contributed by atoms with van der Waals surface area (Å²) in [5, 5.41) is 1.99. The van der Waals surface area contributed by atoms with Crippen molar-refractivity contribution in [1.29, 1.82) is 0 Å². The SMILES string of the molecule is C[C@@H]1C[C@H](N(C(=O)Cc2cccs2)c2ccccc2)c2ccccc2N1C(=O)c1ccco1. The van der Waals surface area contributed by atoms with Crippen LogP contribution in [-0.4, -0.2) is 17.9 Å². The number of furan rings is 1. The molecule has 5 nitrogen and oxygen atoms in total. The number of anilines is 2. The fraction of sp³-hybridized carbons (Fsp3) is 0.185. The van der Waals surface area contributed by atoms with Crippen LogP contribution in [0.5, 0.6) is 0 Å². The number of hydrogen-bond acceptors (Lipinski definition) is 4. The minimum atomic E-state index is -0.188. The zero-order valence-corrected chi connectivity index (χ0v) is 19.1. The van der Waals surface area contributed by atoms with Gasteiger partial charge in [0.2, 0.25) is 5.91 Å². The summed E-state index contributed by atoms with van der Waals surface area (Å²) in [6.45, 7) is 2.02. The highest BCUT2D eigenvalue weighted by molar-refractivity contribution is 7.10. The summed E-state index contributed by atoms with van der Waals surface area (Å²) in [7, 11) is 0. The van der Waals surface area contributed by atoms with Crippen molar-refractivity contribution in [2.24, 2.45) is 0 Å². The van der Waals surface area contributed by atoms with Crippen LogP contribution >= 0.6 is 11.3 Å². The van der Waals surface area contributed by atoms with Crippen LogP contribution in [0, 0.1) is 0 Å². The number of nitrogens with zero attached hydrogens (tertiary/aromatic N) is 2. The molecule has 33 heavy (non-hydrogen) atoms. The third-order valence-corrected chi connectivity index (χ3v) is 6.91. The van der Waals surface area contributed by atoms with E-state index in [9.17, 15) is 9.59 Å². The number of hydrogen-bond donors (Lipinski definition) is 0. The highest BCUT2D eigenvalue weighted by Crippen LogP contribution is 2.43. The van der Waals surface area contributed by atoms with Crippen molar-refractivity contribution in [2.75, 3.05) is 9.80 Å². The summed E-state index contributed by atoms with van der Waals surface area (Å²) < 4.78 is 5.40. The Kier molecular flexibility index (Phi) is 5.84. The standard InChI is InChI=1S/C27H24N2O3S/c1-19-17-24(22-12-5-6-13-23(22)28(19)27(31)25-14-7-15-32-25)29(20-9-3-2-4-10-20)26(30)18-21-11-8-16-33-21/h2-16,19,24H,17-18H2,1H3/t19-,24+/m1/s1. The summed E-state index contributed by atoms with van der Waals surface area (Å²) in [5.74, 6) is 0.180. The number of para-hydroxylation sites is 2. The van der Waals surface area contributed by atoms with Crippen molar-refractivity contribution in [3.63, 3.8) is 0 Å². The molecule has 0 N–H and O–H groups in total. The number of amides is 2. The second-order valence-electron chi connectivity index (χ2n) is 8.17. The van der Waals surface area contributed by atoms with Gasteiger partial charge in [0.05, 0.1) is 18.7 Å². The molecule has 166 valence electrons. The van der Waals surface area contributed by atoms with E-state index in [-0.39, 0.29) is 23.9 Å². The van der Waals surface area contributed by atoms with Gasteiger partial charge in [-0.1, -0.05) is 42.5 Å². The molecule has 0 aliphatic carbocycles. The Balaban J connectivity index is 1.57. The van der Waals surface area contributed by atoms with E-state index in [0.717, 1.165) is 21.8 Å². The molecule has 0 unspecified atom stereocenters. The summed E-state index contributed by atoms with van der Waals surface area (Å²) in [6, 6.07) is 24.7.